The Labute approximate surface area is 133 Å². The lowest BCUT2D eigenvalue weighted by Gasteiger charge is -2.41. The molecule has 2 aliphatic rings. The van der Waals surface area contributed by atoms with E-state index in [1.165, 1.54) is 5.56 Å². The summed E-state index contributed by atoms with van der Waals surface area (Å²) in [4.78, 5) is 14.5. The monoisotopic (exact) mass is 308 g/mol. The summed E-state index contributed by atoms with van der Waals surface area (Å²) in [6.45, 7) is 5.85. The van der Waals surface area contributed by atoms with Gasteiger partial charge >= 0.3 is 0 Å². The molecule has 116 valence electrons. The molecule has 1 aromatic carbocycles. The largest absolute Gasteiger partial charge is 0.342 e. The normalized spacial score (nSPS) is 25.9. The van der Waals surface area contributed by atoms with Crippen LogP contribution in [0.15, 0.2) is 30.3 Å². The van der Waals surface area contributed by atoms with E-state index in [4.69, 9.17) is 0 Å². The molecular formula is C17H25ClN2O. The molecule has 2 unspecified atom stereocenters. The van der Waals surface area contributed by atoms with Gasteiger partial charge in [0, 0.05) is 26.2 Å². The van der Waals surface area contributed by atoms with E-state index in [0.717, 1.165) is 39.0 Å². The number of rotatable bonds is 3. The van der Waals surface area contributed by atoms with Gasteiger partial charge in [-0.05, 0) is 23.8 Å². The highest BCUT2D eigenvalue weighted by Crippen LogP contribution is 2.35. The third kappa shape index (κ3) is 3.41. The van der Waals surface area contributed by atoms with Crippen LogP contribution < -0.4 is 5.32 Å². The Morgan fingerprint density at radius 1 is 1.29 bits per heavy atom. The number of nitrogens with one attached hydrogen (secondary N) is 1. The van der Waals surface area contributed by atoms with Crippen molar-refractivity contribution in [2.24, 2.45) is 11.8 Å². The van der Waals surface area contributed by atoms with Crippen LogP contribution in [0.3, 0.4) is 0 Å². The number of hydrogen-bond acceptors (Lipinski definition) is 2. The zero-order valence-electron chi connectivity index (χ0n) is 12.6. The van der Waals surface area contributed by atoms with Crippen molar-refractivity contribution in [3.63, 3.8) is 0 Å². The Morgan fingerprint density at radius 3 is 2.57 bits per heavy atom. The van der Waals surface area contributed by atoms with Gasteiger partial charge in [-0.15, -0.1) is 12.4 Å². The Hall–Kier alpha value is -1.06. The van der Waals surface area contributed by atoms with Crippen molar-refractivity contribution in [2.75, 3.05) is 26.2 Å². The molecule has 3 rings (SSSR count). The van der Waals surface area contributed by atoms with Crippen LogP contribution >= 0.6 is 12.4 Å². The molecule has 2 fully saturated rings. The van der Waals surface area contributed by atoms with Gasteiger partial charge in [0.2, 0.25) is 5.91 Å². The van der Waals surface area contributed by atoms with Crippen LogP contribution in [0.1, 0.15) is 31.2 Å². The Bertz CT molecular complexity index is 461. The summed E-state index contributed by atoms with van der Waals surface area (Å²) in [5.41, 5.74) is 1.44. The van der Waals surface area contributed by atoms with Crippen LogP contribution in [0.5, 0.6) is 0 Å². The van der Waals surface area contributed by atoms with Crippen molar-refractivity contribution in [3.05, 3.63) is 35.9 Å². The number of piperidine rings is 1. The average Bonchev–Trinajstić information content (AvgIpc) is 2.45. The quantitative estimate of drug-likeness (QED) is 0.931. The van der Waals surface area contributed by atoms with Crippen LogP contribution in [0.2, 0.25) is 0 Å². The molecule has 0 bridgehead atoms. The van der Waals surface area contributed by atoms with E-state index in [2.05, 4.69) is 47.5 Å². The third-order valence-corrected chi connectivity index (χ3v) is 4.93. The van der Waals surface area contributed by atoms with Gasteiger partial charge in [0.05, 0.1) is 5.92 Å². The van der Waals surface area contributed by atoms with Crippen molar-refractivity contribution in [3.8, 4) is 0 Å². The molecule has 0 aromatic heterocycles. The summed E-state index contributed by atoms with van der Waals surface area (Å²) < 4.78 is 0. The third-order valence-electron chi connectivity index (χ3n) is 4.93. The highest BCUT2D eigenvalue weighted by Gasteiger charge is 2.35. The summed E-state index contributed by atoms with van der Waals surface area (Å²) in [7, 11) is 0. The average molecular weight is 309 g/mol. The lowest BCUT2D eigenvalue weighted by Crippen LogP contribution is -2.54. The first kappa shape index (κ1) is 16.3. The van der Waals surface area contributed by atoms with Crippen molar-refractivity contribution in [2.45, 2.75) is 25.7 Å². The molecule has 2 aliphatic heterocycles. The first-order valence-corrected chi connectivity index (χ1v) is 7.84. The molecule has 3 nitrogen and oxygen atoms in total. The molecule has 2 heterocycles. The molecule has 0 spiro atoms. The maximum atomic E-state index is 12.4. The van der Waals surface area contributed by atoms with Crippen LogP contribution in [0, 0.1) is 11.8 Å². The van der Waals surface area contributed by atoms with Crippen molar-refractivity contribution in [1.29, 1.82) is 0 Å². The molecule has 0 aliphatic carbocycles. The lowest BCUT2D eigenvalue weighted by atomic mass is 9.79. The molecule has 21 heavy (non-hydrogen) atoms. The van der Waals surface area contributed by atoms with Gasteiger partial charge in [-0.25, -0.2) is 0 Å². The maximum Gasteiger partial charge on any atom is 0.228 e. The van der Waals surface area contributed by atoms with E-state index >= 15 is 0 Å². The van der Waals surface area contributed by atoms with Gasteiger partial charge in [-0.2, -0.15) is 0 Å². The van der Waals surface area contributed by atoms with Crippen molar-refractivity contribution >= 4 is 18.3 Å². The van der Waals surface area contributed by atoms with Crippen molar-refractivity contribution < 1.29 is 4.79 Å². The fourth-order valence-electron chi connectivity index (χ4n) is 3.51. The number of amides is 1. The second kappa shape index (κ2) is 7.28. The predicted molar refractivity (Wildman–Crippen MR) is 87.8 cm³/mol. The topological polar surface area (TPSA) is 32.3 Å². The molecule has 0 saturated carbocycles. The van der Waals surface area contributed by atoms with Crippen LogP contribution in [-0.4, -0.2) is 37.0 Å². The van der Waals surface area contributed by atoms with Gasteiger partial charge in [0.25, 0.3) is 0 Å². The molecule has 4 heteroatoms. The highest BCUT2D eigenvalue weighted by atomic mass is 35.5. The molecule has 1 aromatic rings. The van der Waals surface area contributed by atoms with Crippen LogP contribution in [0.4, 0.5) is 0 Å². The first-order valence-electron chi connectivity index (χ1n) is 7.84. The first-order chi connectivity index (χ1) is 9.79. The van der Waals surface area contributed by atoms with E-state index in [1.807, 2.05) is 0 Å². The minimum atomic E-state index is 0. The number of nitrogens with zero attached hydrogens (tertiary/aromatic N) is 1. The second-order valence-corrected chi connectivity index (χ2v) is 6.11. The summed E-state index contributed by atoms with van der Waals surface area (Å²) in [5, 5.41) is 3.19. The molecule has 1 N–H and O–H groups in total. The van der Waals surface area contributed by atoms with E-state index in [9.17, 15) is 4.79 Å². The minimum absolute atomic E-state index is 0. The van der Waals surface area contributed by atoms with Gasteiger partial charge in [-0.3, -0.25) is 4.79 Å². The maximum absolute atomic E-state index is 12.4. The second-order valence-electron chi connectivity index (χ2n) is 6.11. The highest BCUT2D eigenvalue weighted by molar-refractivity contribution is 5.85. The number of carbonyl (C=O) groups is 1. The standard InChI is InChI=1S/C17H24N2O.ClH/c1-2-13-12-19(17(20)15-10-18-11-15)9-8-16(13)14-6-4-3-5-7-14;/h3-7,13,15-16,18H,2,8-12H2,1H3;1H. The van der Waals surface area contributed by atoms with E-state index < -0.39 is 0 Å². The fourth-order valence-corrected chi connectivity index (χ4v) is 3.51. The molecule has 0 radical (unpaired) electrons. The van der Waals surface area contributed by atoms with Gasteiger partial charge in [0.15, 0.2) is 0 Å². The molecular weight excluding hydrogens is 284 g/mol. The van der Waals surface area contributed by atoms with Crippen LogP contribution in [-0.2, 0) is 4.79 Å². The number of halogens is 1. The SMILES string of the molecule is CCC1CN(C(=O)C2CNC2)CCC1c1ccccc1.Cl. The van der Waals surface area contributed by atoms with E-state index in [1.54, 1.807) is 0 Å². The summed E-state index contributed by atoms with van der Waals surface area (Å²) >= 11 is 0. The Kier molecular flexibility index (Phi) is 5.65. The smallest absolute Gasteiger partial charge is 0.228 e. The minimum Gasteiger partial charge on any atom is -0.342 e. The molecule has 1 amide bonds. The molecule has 2 atom stereocenters. The van der Waals surface area contributed by atoms with Crippen molar-refractivity contribution in [1.82, 2.24) is 10.2 Å². The van der Waals surface area contributed by atoms with Crippen LogP contribution in [0.25, 0.3) is 0 Å². The lowest BCUT2D eigenvalue weighted by molar-refractivity contribution is -0.139. The van der Waals surface area contributed by atoms with Gasteiger partial charge in [-0.1, -0.05) is 43.7 Å². The predicted octanol–water partition coefficient (Wildman–Crippen LogP) is 2.67. The number of benzene rings is 1. The van der Waals surface area contributed by atoms with Gasteiger partial charge < -0.3 is 10.2 Å². The summed E-state index contributed by atoms with van der Waals surface area (Å²) in [6.07, 6.45) is 2.25. The molecule has 2 saturated heterocycles. The summed E-state index contributed by atoms with van der Waals surface area (Å²) in [5.74, 6) is 1.82. The van der Waals surface area contributed by atoms with E-state index in [0.29, 0.717) is 17.7 Å². The zero-order valence-corrected chi connectivity index (χ0v) is 13.4. The number of likely N-dealkylation sites (tertiary alicyclic amines) is 1. The summed E-state index contributed by atoms with van der Waals surface area (Å²) in [6, 6.07) is 10.8. The Balaban J connectivity index is 0.00000161. The Morgan fingerprint density at radius 2 is 2.00 bits per heavy atom. The number of hydrogen-bond donors (Lipinski definition) is 1. The van der Waals surface area contributed by atoms with Gasteiger partial charge in [0.1, 0.15) is 0 Å². The zero-order chi connectivity index (χ0) is 13.9. The fraction of sp³-hybridized carbons (Fsp3) is 0.588. The van der Waals surface area contributed by atoms with E-state index in [-0.39, 0.29) is 18.3 Å². The number of carbonyl (C=O) groups excluding carboxylic acids is 1.